The summed E-state index contributed by atoms with van der Waals surface area (Å²) in [6.07, 6.45) is 3.32. The van der Waals surface area contributed by atoms with Crippen molar-refractivity contribution < 1.29 is 14.3 Å². The number of anilines is 2. The minimum Gasteiger partial charge on any atom is -0.444 e. The second-order valence-electron chi connectivity index (χ2n) is 10.1. The van der Waals surface area contributed by atoms with E-state index in [9.17, 15) is 9.59 Å². The molecule has 8 nitrogen and oxygen atoms in total. The number of amidine groups is 1. The van der Waals surface area contributed by atoms with Gasteiger partial charge in [-0.25, -0.2) is 4.79 Å². The van der Waals surface area contributed by atoms with Gasteiger partial charge in [-0.3, -0.25) is 9.78 Å². The number of aliphatic imine (C=N–C) groups is 1. The Kier molecular flexibility index (Phi) is 7.75. The van der Waals surface area contributed by atoms with Crippen LogP contribution in [0.3, 0.4) is 0 Å². The summed E-state index contributed by atoms with van der Waals surface area (Å²) < 4.78 is 5.52. The van der Waals surface area contributed by atoms with Gasteiger partial charge in [0.25, 0.3) is 5.91 Å². The van der Waals surface area contributed by atoms with Crippen LogP contribution in [0, 0.1) is 0 Å². The molecule has 0 atom stereocenters. The van der Waals surface area contributed by atoms with Crippen molar-refractivity contribution in [1.82, 2.24) is 9.88 Å². The van der Waals surface area contributed by atoms with Gasteiger partial charge in [-0.2, -0.15) is 4.99 Å². The molecule has 3 heterocycles. The van der Waals surface area contributed by atoms with E-state index in [2.05, 4.69) is 20.2 Å². The number of pyridine rings is 1. The zero-order chi connectivity index (χ0) is 27.7. The molecule has 2 aromatic carbocycles. The highest BCUT2D eigenvalue weighted by molar-refractivity contribution is 8.18. The van der Waals surface area contributed by atoms with Crippen LogP contribution in [-0.4, -0.2) is 58.8 Å². The third-order valence-electron chi connectivity index (χ3n) is 6.13. The molecule has 39 heavy (non-hydrogen) atoms. The average Bonchev–Trinajstić information content (AvgIpc) is 3.23. The minimum atomic E-state index is -0.525. The van der Waals surface area contributed by atoms with Crippen molar-refractivity contribution in [3.63, 3.8) is 0 Å². The molecule has 0 radical (unpaired) electrons. The Bertz CT molecular complexity index is 1490. The maximum absolute atomic E-state index is 12.7. The third kappa shape index (κ3) is 6.32. The van der Waals surface area contributed by atoms with Crippen LogP contribution in [0.25, 0.3) is 17.0 Å². The highest BCUT2D eigenvalue weighted by Gasteiger charge is 2.27. The number of hydrogen-bond donors (Lipinski definition) is 1. The quantitative estimate of drug-likeness (QED) is 0.344. The highest BCUT2D eigenvalue weighted by Crippen LogP contribution is 2.35. The molecule has 3 aromatic rings. The third-order valence-corrected chi connectivity index (χ3v) is 7.66. The lowest BCUT2D eigenvalue weighted by Crippen LogP contribution is -2.50. The van der Waals surface area contributed by atoms with Gasteiger partial charge in [-0.1, -0.05) is 35.3 Å². The topological polar surface area (TPSA) is 87.1 Å². The SMILES string of the molecule is CC(C)(C)OC(=O)N1CCN(c2ccnc3ccc(/C=C4\SC(Nc5c(Cl)cccc5Cl)=NC4=O)cc23)CC1. The van der Waals surface area contributed by atoms with Crippen molar-refractivity contribution in [2.75, 3.05) is 36.4 Å². The number of rotatable bonds is 3. The van der Waals surface area contributed by atoms with Crippen LogP contribution in [0.15, 0.2) is 58.6 Å². The van der Waals surface area contributed by atoms with E-state index in [1.807, 2.05) is 51.1 Å². The number of para-hydroxylation sites is 1. The number of carbonyl (C=O) groups excluding carboxylic acids is 2. The Hall–Kier alpha value is -3.27. The van der Waals surface area contributed by atoms with E-state index < -0.39 is 5.60 Å². The molecule has 5 rings (SSSR count). The van der Waals surface area contributed by atoms with E-state index in [-0.39, 0.29) is 12.0 Å². The van der Waals surface area contributed by atoms with Gasteiger partial charge in [0.05, 0.1) is 26.2 Å². The summed E-state index contributed by atoms with van der Waals surface area (Å²) in [5, 5.41) is 5.32. The molecule has 1 fully saturated rings. The second-order valence-corrected chi connectivity index (χ2v) is 12.0. The molecule has 2 aliphatic heterocycles. The van der Waals surface area contributed by atoms with Crippen molar-refractivity contribution in [3.05, 3.63) is 69.2 Å². The summed E-state index contributed by atoms with van der Waals surface area (Å²) in [5.74, 6) is -0.338. The van der Waals surface area contributed by atoms with Crippen LogP contribution < -0.4 is 10.2 Å². The molecule has 1 aromatic heterocycles. The molecule has 0 saturated carbocycles. The summed E-state index contributed by atoms with van der Waals surface area (Å²) in [6, 6.07) is 13.1. The van der Waals surface area contributed by atoms with Gasteiger partial charge in [0.1, 0.15) is 5.60 Å². The van der Waals surface area contributed by atoms with Gasteiger partial charge in [-0.15, -0.1) is 0 Å². The molecule has 0 spiro atoms. The van der Waals surface area contributed by atoms with Crippen LogP contribution in [0.4, 0.5) is 16.2 Å². The standard InChI is InChI=1S/C28H27Cl2N5O3S/c1-28(2,3)38-27(37)35-13-11-34(12-14-35)22-9-10-31-21-8-7-17(15-18(21)22)16-23-25(36)33-26(39-23)32-24-19(29)5-4-6-20(24)30/h4-10,15-16H,11-14H2,1-3H3,(H,32,33,36)/b23-16-. The van der Waals surface area contributed by atoms with Gasteiger partial charge < -0.3 is 19.9 Å². The largest absolute Gasteiger partial charge is 0.444 e. The number of carbonyl (C=O) groups is 2. The van der Waals surface area contributed by atoms with Gasteiger partial charge in [0.15, 0.2) is 5.17 Å². The first-order valence-corrected chi connectivity index (χ1v) is 14.0. The molecule has 2 aliphatic rings. The fourth-order valence-corrected chi connectivity index (χ4v) is 5.62. The van der Waals surface area contributed by atoms with E-state index in [0.29, 0.717) is 52.0 Å². The summed E-state index contributed by atoms with van der Waals surface area (Å²) >= 11 is 13.7. The van der Waals surface area contributed by atoms with Gasteiger partial charge in [-0.05, 0) is 74.5 Å². The Morgan fingerprint density at radius 2 is 1.79 bits per heavy atom. The van der Waals surface area contributed by atoms with Gasteiger partial charge >= 0.3 is 6.09 Å². The maximum atomic E-state index is 12.7. The molecule has 0 unspecified atom stereocenters. The fraction of sp³-hybridized carbons (Fsp3) is 0.286. The first-order valence-electron chi connectivity index (χ1n) is 12.4. The van der Waals surface area contributed by atoms with Crippen LogP contribution in [0.5, 0.6) is 0 Å². The predicted molar refractivity (Wildman–Crippen MR) is 160 cm³/mol. The van der Waals surface area contributed by atoms with Gasteiger partial charge in [0, 0.05) is 43.4 Å². The van der Waals surface area contributed by atoms with Gasteiger partial charge in [0.2, 0.25) is 0 Å². The Morgan fingerprint density at radius 1 is 1.08 bits per heavy atom. The number of amides is 2. The monoisotopic (exact) mass is 583 g/mol. The predicted octanol–water partition coefficient (Wildman–Crippen LogP) is 6.68. The van der Waals surface area contributed by atoms with Crippen molar-refractivity contribution in [2.24, 2.45) is 4.99 Å². The van der Waals surface area contributed by atoms with E-state index in [1.165, 1.54) is 11.8 Å². The lowest BCUT2D eigenvalue weighted by Gasteiger charge is -2.37. The molecule has 1 saturated heterocycles. The number of hydrogen-bond acceptors (Lipinski definition) is 7. The van der Waals surface area contributed by atoms with E-state index >= 15 is 0 Å². The number of ether oxygens (including phenoxy) is 1. The molecule has 11 heteroatoms. The van der Waals surface area contributed by atoms with Crippen molar-refractivity contribution >= 4 is 80.5 Å². The summed E-state index contributed by atoms with van der Waals surface area (Å²) in [7, 11) is 0. The molecular formula is C28H27Cl2N5O3S. The van der Waals surface area contributed by atoms with Crippen molar-refractivity contribution in [1.29, 1.82) is 0 Å². The van der Waals surface area contributed by atoms with Crippen molar-refractivity contribution in [2.45, 2.75) is 26.4 Å². The molecule has 0 aliphatic carbocycles. The number of aromatic nitrogens is 1. The van der Waals surface area contributed by atoms with E-state index in [4.69, 9.17) is 27.9 Å². The van der Waals surface area contributed by atoms with E-state index in [0.717, 1.165) is 22.2 Å². The average molecular weight is 585 g/mol. The number of thioether (sulfide) groups is 1. The zero-order valence-electron chi connectivity index (χ0n) is 21.7. The Morgan fingerprint density at radius 3 is 2.49 bits per heavy atom. The Labute approximate surface area is 241 Å². The first-order chi connectivity index (χ1) is 18.6. The maximum Gasteiger partial charge on any atom is 0.410 e. The highest BCUT2D eigenvalue weighted by atomic mass is 35.5. The summed E-state index contributed by atoms with van der Waals surface area (Å²) in [4.78, 5) is 38.2. The second kappa shape index (κ2) is 11.1. The van der Waals surface area contributed by atoms with Crippen LogP contribution in [0.1, 0.15) is 26.3 Å². The van der Waals surface area contributed by atoms with Crippen LogP contribution >= 0.6 is 35.0 Å². The molecule has 1 N–H and O–H groups in total. The smallest absolute Gasteiger partial charge is 0.410 e. The number of halogens is 2. The minimum absolute atomic E-state index is 0.290. The number of nitrogens with one attached hydrogen (secondary N) is 1. The van der Waals surface area contributed by atoms with E-state index in [1.54, 1.807) is 29.3 Å². The molecule has 0 bridgehead atoms. The Balaban J connectivity index is 1.32. The molecular weight excluding hydrogens is 557 g/mol. The summed E-state index contributed by atoms with van der Waals surface area (Å²) in [5.41, 5.74) is 2.72. The van der Waals surface area contributed by atoms with Crippen LogP contribution in [0.2, 0.25) is 10.0 Å². The number of nitrogens with zero attached hydrogens (tertiary/aromatic N) is 4. The van der Waals surface area contributed by atoms with Crippen LogP contribution in [-0.2, 0) is 9.53 Å². The first kappa shape index (κ1) is 27.3. The summed E-state index contributed by atoms with van der Waals surface area (Å²) in [6.45, 7) is 8.08. The number of piperazine rings is 1. The number of fused-ring (bicyclic) bond motifs is 1. The lowest BCUT2D eigenvalue weighted by atomic mass is 10.1. The normalized spacial score (nSPS) is 17.1. The molecule has 2 amide bonds. The molecule has 202 valence electrons. The fourth-order valence-electron chi connectivity index (χ4n) is 4.31. The lowest BCUT2D eigenvalue weighted by molar-refractivity contribution is -0.113. The number of benzene rings is 2. The zero-order valence-corrected chi connectivity index (χ0v) is 24.0. The van der Waals surface area contributed by atoms with Crippen molar-refractivity contribution in [3.8, 4) is 0 Å².